The lowest BCUT2D eigenvalue weighted by Gasteiger charge is -2.34. The van der Waals surface area contributed by atoms with Gasteiger partial charge in [-0.05, 0) is 68.6 Å². The zero-order valence-corrected chi connectivity index (χ0v) is 15.1. The van der Waals surface area contributed by atoms with Crippen LogP contribution in [0.4, 0.5) is 5.69 Å². The Balaban J connectivity index is 1.49. The molecule has 4 heteroatoms. The molecule has 0 radical (unpaired) electrons. The molecule has 1 aromatic rings. The highest BCUT2D eigenvalue weighted by molar-refractivity contribution is 5.77. The lowest BCUT2D eigenvalue weighted by atomic mass is 9.95. The number of rotatable bonds is 2. The normalized spacial score (nSPS) is 24.0. The van der Waals surface area contributed by atoms with Gasteiger partial charge in [0, 0.05) is 12.7 Å². The van der Waals surface area contributed by atoms with Crippen molar-refractivity contribution in [1.29, 1.82) is 0 Å². The number of para-hydroxylation sites is 1. The fourth-order valence-electron chi connectivity index (χ4n) is 4.43. The second-order valence-corrected chi connectivity index (χ2v) is 7.60. The molecule has 0 saturated heterocycles. The Kier molecular flexibility index (Phi) is 4.69. The molecular weight excluding hydrogens is 312 g/mol. The van der Waals surface area contributed by atoms with E-state index in [1.54, 1.807) is 0 Å². The first-order valence-electron chi connectivity index (χ1n) is 9.73. The standard InChI is InChI=1S/C21H28N2O2/c1-23-19-13-6-5-8-15(19)14-16-9-7-12-18(22-20(16)23)21(24)25-17-10-3-2-4-11-17/h5-6,8,13,17-18,22H,2-4,7,9-12,14H2,1H3. The van der Waals surface area contributed by atoms with Gasteiger partial charge < -0.3 is 15.0 Å². The molecule has 2 aliphatic heterocycles. The van der Waals surface area contributed by atoms with E-state index in [4.69, 9.17) is 4.74 Å². The van der Waals surface area contributed by atoms with Crippen molar-refractivity contribution in [2.24, 2.45) is 0 Å². The Morgan fingerprint density at radius 2 is 1.92 bits per heavy atom. The zero-order chi connectivity index (χ0) is 17.2. The highest BCUT2D eigenvalue weighted by Gasteiger charge is 2.31. The molecule has 4 rings (SSSR count). The number of carbonyl (C=O) groups excluding carboxylic acids is 1. The SMILES string of the molecule is CN1C2=C(CCCC(C(=O)OC3CCCCC3)N2)Cc2ccccc21. The average molecular weight is 340 g/mol. The molecule has 0 amide bonds. The Bertz CT molecular complexity index is 676. The van der Waals surface area contributed by atoms with Gasteiger partial charge in [0.25, 0.3) is 0 Å². The monoisotopic (exact) mass is 340 g/mol. The van der Waals surface area contributed by atoms with Crippen molar-refractivity contribution >= 4 is 11.7 Å². The summed E-state index contributed by atoms with van der Waals surface area (Å²) < 4.78 is 5.83. The third-order valence-electron chi connectivity index (χ3n) is 5.83. The van der Waals surface area contributed by atoms with E-state index in [0.717, 1.165) is 44.3 Å². The maximum atomic E-state index is 12.7. The molecular formula is C21H28N2O2. The molecule has 2 heterocycles. The number of nitrogens with zero attached hydrogens (tertiary/aromatic N) is 1. The molecule has 1 fully saturated rings. The van der Waals surface area contributed by atoms with E-state index in [1.165, 1.54) is 36.1 Å². The molecule has 3 aliphatic rings. The minimum atomic E-state index is -0.220. The van der Waals surface area contributed by atoms with Gasteiger partial charge in [0.15, 0.2) is 0 Å². The van der Waals surface area contributed by atoms with Crippen LogP contribution in [0.15, 0.2) is 35.7 Å². The van der Waals surface area contributed by atoms with Crippen LogP contribution in [0, 0.1) is 0 Å². The van der Waals surface area contributed by atoms with Crippen LogP contribution in [0.2, 0.25) is 0 Å². The fraction of sp³-hybridized carbons (Fsp3) is 0.571. The van der Waals surface area contributed by atoms with Gasteiger partial charge in [0.05, 0.1) is 0 Å². The largest absolute Gasteiger partial charge is 0.461 e. The first-order chi connectivity index (χ1) is 12.2. The van der Waals surface area contributed by atoms with Crippen molar-refractivity contribution in [2.75, 3.05) is 11.9 Å². The lowest BCUT2D eigenvalue weighted by molar-refractivity contribution is -0.153. The summed E-state index contributed by atoms with van der Waals surface area (Å²) in [6.45, 7) is 0. The van der Waals surface area contributed by atoms with E-state index in [9.17, 15) is 4.79 Å². The van der Waals surface area contributed by atoms with Crippen molar-refractivity contribution in [1.82, 2.24) is 5.32 Å². The molecule has 134 valence electrons. The topological polar surface area (TPSA) is 41.6 Å². The number of carbonyl (C=O) groups is 1. The second-order valence-electron chi connectivity index (χ2n) is 7.60. The third-order valence-corrected chi connectivity index (χ3v) is 5.83. The van der Waals surface area contributed by atoms with E-state index in [2.05, 4.69) is 41.5 Å². The minimum absolute atomic E-state index is 0.0621. The number of hydrogen-bond acceptors (Lipinski definition) is 4. The van der Waals surface area contributed by atoms with Crippen LogP contribution in [-0.4, -0.2) is 25.2 Å². The molecule has 1 N–H and O–H groups in total. The van der Waals surface area contributed by atoms with Crippen molar-refractivity contribution in [3.63, 3.8) is 0 Å². The molecule has 4 nitrogen and oxygen atoms in total. The molecule has 25 heavy (non-hydrogen) atoms. The number of ether oxygens (including phenoxy) is 1. The first-order valence-corrected chi connectivity index (χ1v) is 9.73. The average Bonchev–Trinajstić information content (AvgIpc) is 2.86. The summed E-state index contributed by atoms with van der Waals surface area (Å²) in [4.78, 5) is 14.9. The summed E-state index contributed by atoms with van der Waals surface area (Å²) in [5.74, 6) is 1.05. The van der Waals surface area contributed by atoms with Crippen molar-refractivity contribution in [2.45, 2.75) is 69.9 Å². The number of allylic oxidation sites excluding steroid dienone is 1. The summed E-state index contributed by atoms with van der Waals surface area (Å²) in [7, 11) is 2.09. The minimum Gasteiger partial charge on any atom is -0.461 e. The highest BCUT2D eigenvalue weighted by atomic mass is 16.5. The van der Waals surface area contributed by atoms with Gasteiger partial charge in [-0.2, -0.15) is 0 Å². The summed E-state index contributed by atoms with van der Waals surface area (Å²) in [6, 6.07) is 8.32. The van der Waals surface area contributed by atoms with Gasteiger partial charge in [-0.3, -0.25) is 0 Å². The zero-order valence-electron chi connectivity index (χ0n) is 15.1. The summed E-state index contributed by atoms with van der Waals surface area (Å²) >= 11 is 0. The number of benzene rings is 1. The van der Waals surface area contributed by atoms with Crippen molar-refractivity contribution in [3.05, 3.63) is 41.2 Å². The number of nitrogens with one attached hydrogen (secondary N) is 1. The second kappa shape index (κ2) is 7.11. The van der Waals surface area contributed by atoms with Gasteiger partial charge in [0.2, 0.25) is 0 Å². The lowest BCUT2D eigenvalue weighted by Crippen LogP contribution is -2.43. The number of esters is 1. The third kappa shape index (κ3) is 3.39. The molecule has 0 aromatic heterocycles. The molecule has 0 bridgehead atoms. The van der Waals surface area contributed by atoms with Crippen LogP contribution in [0.25, 0.3) is 0 Å². The Morgan fingerprint density at radius 3 is 2.76 bits per heavy atom. The van der Waals surface area contributed by atoms with Crippen LogP contribution in [0.5, 0.6) is 0 Å². The van der Waals surface area contributed by atoms with E-state index >= 15 is 0 Å². The van der Waals surface area contributed by atoms with E-state index < -0.39 is 0 Å². The quantitative estimate of drug-likeness (QED) is 0.829. The fourth-order valence-corrected chi connectivity index (χ4v) is 4.43. The first kappa shape index (κ1) is 16.5. The molecule has 1 atom stereocenters. The predicted molar refractivity (Wildman–Crippen MR) is 99.3 cm³/mol. The highest BCUT2D eigenvalue weighted by Crippen LogP contribution is 2.35. The van der Waals surface area contributed by atoms with Crippen LogP contribution in [0.3, 0.4) is 0 Å². The van der Waals surface area contributed by atoms with E-state index in [0.29, 0.717) is 0 Å². The number of fused-ring (bicyclic) bond motifs is 1. The number of hydrogen-bond donors (Lipinski definition) is 1. The summed E-state index contributed by atoms with van der Waals surface area (Å²) in [5.41, 5.74) is 4.01. The summed E-state index contributed by atoms with van der Waals surface area (Å²) in [5, 5.41) is 3.53. The maximum Gasteiger partial charge on any atom is 0.328 e. The van der Waals surface area contributed by atoms with E-state index in [-0.39, 0.29) is 18.1 Å². The summed E-state index contributed by atoms with van der Waals surface area (Å²) in [6.07, 6.45) is 9.74. The molecule has 1 aliphatic carbocycles. The Labute approximate surface area is 150 Å². The maximum absolute atomic E-state index is 12.7. The Morgan fingerprint density at radius 1 is 1.12 bits per heavy atom. The molecule has 1 aromatic carbocycles. The van der Waals surface area contributed by atoms with Gasteiger partial charge in [0.1, 0.15) is 18.0 Å². The number of anilines is 1. The smallest absolute Gasteiger partial charge is 0.328 e. The van der Waals surface area contributed by atoms with Crippen LogP contribution in [-0.2, 0) is 16.0 Å². The van der Waals surface area contributed by atoms with Crippen molar-refractivity contribution < 1.29 is 9.53 Å². The van der Waals surface area contributed by atoms with Crippen LogP contribution >= 0.6 is 0 Å². The predicted octanol–water partition coefficient (Wildman–Crippen LogP) is 3.91. The van der Waals surface area contributed by atoms with Gasteiger partial charge >= 0.3 is 5.97 Å². The van der Waals surface area contributed by atoms with Crippen LogP contribution in [0.1, 0.15) is 56.9 Å². The van der Waals surface area contributed by atoms with Gasteiger partial charge in [-0.15, -0.1) is 0 Å². The molecule has 0 spiro atoms. The van der Waals surface area contributed by atoms with Gasteiger partial charge in [-0.1, -0.05) is 24.6 Å². The molecule has 1 unspecified atom stereocenters. The van der Waals surface area contributed by atoms with Crippen molar-refractivity contribution in [3.8, 4) is 0 Å². The van der Waals surface area contributed by atoms with Gasteiger partial charge in [-0.25, -0.2) is 4.79 Å². The Hall–Kier alpha value is -1.97. The van der Waals surface area contributed by atoms with Crippen LogP contribution < -0.4 is 10.2 Å². The molecule has 1 saturated carbocycles. The van der Waals surface area contributed by atoms with E-state index in [1.807, 2.05) is 0 Å².